The molecule has 3 aromatic carbocycles. The number of alkyl halides is 3. The Labute approximate surface area is 313 Å². The van der Waals surface area contributed by atoms with Crippen LogP contribution >= 0.6 is 0 Å². The number of rotatable bonds is 13. The fraction of sp³-hybridized carbons (Fsp3) is 0.389. The first kappa shape index (κ1) is 41.7. The minimum atomic E-state index is -4.33. The Bertz CT molecular complexity index is 1770. The third-order valence-electron chi connectivity index (χ3n) is 7.63. The summed E-state index contributed by atoms with van der Waals surface area (Å²) in [6.07, 6.45) is -2.43. The summed E-state index contributed by atoms with van der Waals surface area (Å²) in [6.45, 7) is 2.46. The number of nitrogens with zero attached hydrogens (tertiary/aromatic N) is 3. The van der Waals surface area contributed by atoms with Gasteiger partial charge in [0.15, 0.2) is 0 Å². The van der Waals surface area contributed by atoms with Crippen LogP contribution in [-0.2, 0) is 25.1 Å². The number of aliphatic imine (C=N–C) groups is 3. The predicted molar refractivity (Wildman–Crippen MR) is 190 cm³/mol. The van der Waals surface area contributed by atoms with E-state index in [1.54, 1.807) is 24.3 Å². The molecule has 55 heavy (non-hydrogen) atoms. The van der Waals surface area contributed by atoms with E-state index < -0.39 is 23.4 Å². The first-order valence-corrected chi connectivity index (χ1v) is 16.9. The van der Waals surface area contributed by atoms with Crippen LogP contribution in [0, 0.1) is 11.6 Å². The molecule has 0 radical (unpaired) electrons. The zero-order chi connectivity index (χ0) is 39.8. The summed E-state index contributed by atoms with van der Waals surface area (Å²) < 4.78 is 98.4. The molecule has 3 aliphatic heterocycles. The second-order valence-corrected chi connectivity index (χ2v) is 11.9. The van der Waals surface area contributed by atoms with Gasteiger partial charge in [-0.1, -0.05) is 6.07 Å². The maximum absolute atomic E-state index is 12.8. The van der Waals surface area contributed by atoms with Crippen LogP contribution in [0.25, 0.3) is 0 Å². The van der Waals surface area contributed by atoms with E-state index in [1.165, 1.54) is 19.2 Å². The molecule has 0 saturated carbocycles. The van der Waals surface area contributed by atoms with Gasteiger partial charge in [0.2, 0.25) is 0 Å². The molecule has 0 aromatic heterocycles. The monoisotopic (exact) mass is 780 g/mol. The van der Waals surface area contributed by atoms with Crippen LogP contribution in [0.15, 0.2) is 81.7 Å². The summed E-state index contributed by atoms with van der Waals surface area (Å²) >= 11 is 0. The van der Waals surface area contributed by atoms with Crippen molar-refractivity contribution in [3.05, 3.63) is 89.5 Å². The van der Waals surface area contributed by atoms with Gasteiger partial charge >= 0.3 is 12.1 Å². The van der Waals surface area contributed by atoms with E-state index in [0.29, 0.717) is 76.0 Å². The molecule has 0 bridgehead atoms. The highest BCUT2D eigenvalue weighted by molar-refractivity contribution is 5.89. The highest BCUT2D eigenvalue weighted by Crippen LogP contribution is 2.30. The van der Waals surface area contributed by atoms with Gasteiger partial charge in [-0.05, 0) is 42.5 Å². The molecule has 6 N–H and O–H groups in total. The summed E-state index contributed by atoms with van der Waals surface area (Å²) in [4.78, 5) is 23.5. The van der Waals surface area contributed by atoms with Gasteiger partial charge in [-0.15, -0.1) is 0 Å². The van der Waals surface area contributed by atoms with E-state index >= 15 is 0 Å². The van der Waals surface area contributed by atoms with Crippen molar-refractivity contribution in [3.63, 3.8) is 0 Å². The van der Waals surface area contributed by atoms with Crippen LogP contribution in [0.5, 0.6) is 17.2 Å². The topological polar surface area (TPSA) is 197 Å². The Hall–Kier alpha value is -6.01. The molecule has 6 rings (SSSR count). The van der Waals surface area contributed by atoms with Gasteiger partial charge < -0.3 is 50.4 Å². The van der Waals surface area contributed by atoms with E-state index in [4.69, 9.17) is 45.6 Å². The molecule has 298 valence electrons. The number of halogens is 5. The number of methoxy groups -OCH3 is 1. The molecule has 14 nitrogen and oxygen atoms in total. The van der Waals surface area contributed by atoms with E-state index in [2.05, 4.69) is 19.7 Å². The number of hydrogen-bond acceptors (Lipinski definition) is 14. The van der Waals surface area contributed by atoms with Crippen molar-refractivity contribution in [2.24, 2.45) is 32.2 Å². The molecule has 3 heterocycles. The van der Waals surface area contributed by atoms with Gasteiger partial charge in [-0.2, -0.15) is 13.2 Å². The number of ether oxygens (including phenoxy) is 7. The van der Waals surface area contributed by atoms with Crippen LogP contribution in [-0.4, -0.2) is 88.9 Å². The molecular weight excluding hydrogens is 739 g/mol. The van der Waals surface area contributed by atoms with Crippen LogP contribution in [0.4, 0.5) is 22.0 Å². The smallest absolute Gasteiger partial charge is 0.416 e. The molecule has 0 amide bonds. The van der Waals surface area contributed by atoms with Gasteiger partial charge in [-0.3, -0.25) is 0 Å². The minimum Gasteiger partial charge on any atom is -0.494 e. The van der Waals surface area contributed by atoms with Gasteiger partial charge in [0.1, 0.15) is 48.7 Å². The Morgan fingerprint density at radius 2 is 1.13 bits per heavy atom. The Morgan fingerprint density at radius 1 is 0.673 bits per heavy atom. The van der Waals surface area contributed by atoms with Crippen molar-refractivity contribution in [1.29, 1.82) is 0 Å². The van der Waals surface area contributed by atoms with E-state index in [-0.39, 0.29) is 47.9 Å². The van der Waals surface area contributed by atoms with Gasteiger partial charge in [0.05, 0.1) is 56.2 Å². The Kier molecular flexibility index (Phi) is 15.5. The zero-order valence-corrected chi connectivity index (χ0v) is 29.7. The first-order valence-electron chi connectivity index (χ1n) is 16.9. The molecule has 3 atom stereocenters. The summed E-state index contributed by atoms with van der Waals surface area (Å²) in [7, 11) is 1.35. The normalized spacial score (nSPS) is 18.4. The lowest BCUT2D eigenvalue weighted by atomic mass is 10.2. The molecule has 0 unspecified atom stereocenters. The van der Waals surface area contributed by atoms with Crippen LogP contribution in [0.3, 0.4) is 0 Å². The standard InChI is InChI=1S/C13H16N2O4.C12H13F3N2O2.C11H12F2N2O2/c1-17-12(16)9-3-2-4-11(7-9)18-6-5-10-8-19-13(14)15-10;13-12(14,15)8-1-3-10(4-2-8)18-6-5-9-7-19-11(16)17-9;12-7-3-8(13)5-10(4-7)16-2-1-9-6-17-11(14)15-9/h2-4,7,10H,5-6,8H2,1H3,(H2,14,15);1-4,9H,5-7H2,(H2,16,17);3-5,9H,1-2,6H2,(H2,14,15)/t10-;2*9-/m000/s1. The zero-order valence-electron chi connectivity index (χ0n) is 29.7. The fourth-order valence-corrected chi connectivity index (χ4v) is 4.87. The van der Waals surface area contributed by atoms with Crippen molar-refractivity contribution in [2.75, 3.05) is 46.8 Å². The van der Waals surface area contributed by atoms with Crippen molar-refractivity contribution in [3.8, 4) is 17.2 Å². The lowest BCUT2D eigenvalue weighted by molar-refractivity contribution is -0.137. The number of hydrogen-bond donors (Lipinski definition) is 3. The molecular formula is C36H41F5N6O8. The van der Waals surface area contributed by atoms with Crippen molar-refractivity contribution in [2.45, 2.75) is 43.6 Å². The highest BCUT2D eigenvalue weighted by Gasteiger charge is 2.30. The second kappa shape index (κ2) is 20.4. The molecule has 19 heteroatoms. The number of nitrogens with two attached hydrogens (primary N) is 3. The Balaban J connectivity index is 0.000000184. The van der Waals surface area contributed by atoms with Crippen molar-refractivity contribution >= 4 is 24.0 Å². The number of benzene rings is 3. The van der Waals surface area contributed by atoms with Gasteiger partial charge in [0, 0.05) is 37.5 Å². The third kappa shape index (κ3) is 14.7. The molecule has 0 aliphatic carbocycles. The quantitative estimate of drug-likeness (QED) is 0.162. The third-order valence-corrected chi connectivity index (χ3v) is 7.63. The van der Waals surface area contributed by atoms with E-state index in [0.717, 1.165) is 30.3 Å². The maximum atomic E-state index is 12.8. The van der Waals surface area contributed by atoms with Crippen molar-refractivity contribution < 1.29 is 59.9 Å². The number of carbonyl (C=O) groups excluding carboxylic acids is 1. The minimum absolute atomic E-state index is 0.0452. The van der Waals surface area contributed by atoms with E-state index in [1.807, 2.05) is 0 Å². The summed E-state index contributed by atoms with van der Waals surface area (Å²) in [5.41, 5.74) is 15.9. The SMILES string of the molecule is COC(=O)c1cccc(OCC[C@H]2COC(N)=N2)c1.NC1=N[C@@H](CCOc2cc(F)cc(F)c2)CO1.NC1=N[C@@H](CCOc2ccc(C(F)(F)F)cc2)CO1. The number of esters is 1. The van der Waals surface area contributed by atoms with Gasteiger partial charge in [0.25, 0.3) is 18.1 Å². The fourth-order valence-electron chi connectivity index (χ4n) is 4.87. The maximum Gasteiger partial charge on any atom is 0.416 e. The number of carbonyl (C=O) groups is 1. The predicted octanol–water partition coefficient (Wildman–Crippen LogP) is 4.59. The first-order chi connectivity index (χ1) is 26.3. The Morgan fingerprint density at radius 3 is 1.55 bits per heavy atom. The average Bonchev–Trinajstić information content (AvgIpc) is 3.88. The molecule has 3 aromatic rings. The summed E-state index contributed by atoms with van der Waals surface area (Å²) in [6, 6.07) is 15.0. The van der Waals surface area contributed by atoms with Crippen LogP contribution < -0.4 is 31.4 Å². The summed E-state index contributed by atoms with van der Waals surface area (Å²) in [5.74, 6) is -0.522. The lowest BCUT2D eigenvalue weighted by Crippen LogP contribution is -2.12. The van der Waals surface area contributed by atoms with Crippen molar-refractivity contribution in [1.82, 2.24) is 0 Å². The summed E-state index contributed by atoms with van der Waals surface area (Å²) in [5, 5.41) is 0. The number of amidine groups is 3. The highest BCUT2D eigenvalue weighted by atomic mass is 19.4. The molecule has 0 spiro atoms. The van der Waals surface area contributed by atoms with Crippen LogP contribution in [0.1, 0.15) is 35.2 Å². The molecule has 0 fully saturated rings. The van der Waals surface area contributed by atoms with E-state index in [9.17, 15) is 26.7 Å². The second-order valence-electron chi connectivity index (χ2n) is 11.9. The molecule has 3 aliphatic rings. The lowest BCUT2D eigenvalue weighted by Gasteiger charge is -2.10. The molecule has 0 saturated heterocycles. The largest absolute Gasteiger partial charge is 0.494 e. The van der Waals surface area contributed by atoms with Gasteiger partial charge in [-0.25, -0.2) is 28.6 Å². The van der Waals surface area contributed by atoms with Crippen LogP contribution in [0.2, 0.25) is 0 Å². The average molecular weight is 781 g/mol.